The average molecular weight is 345 g/mol. The summed E-state index contributed by atoms with van der Waals surface area (Å²) in [5.41, 5.74) is 1.19. The summed E-state index contributed by atoms with van der Waals surface area (Å²) >= 11 is 0. The smallest absolute Gasteiger partial charge is 0.234 e. The van der Waals surface area contributed by atoms with Crippen LogP contribution in [0.15, 0.2) is 24.3 Å². The van der Waals surface area contributed by atoms with Gasteiger partial charge in [-0.15, -0.1) is 0 Å². The number of piperazine rings is 1. The molecule has 3 rings (SSSR count). The SMILES string of the molecule is COc1cccc(N2CCN(CC(=O)N[C@H]3CCCC[C@H]3C)CC2)c1. The topological polar surface area (TPSA) is 44.8 Å². The molecule has 25 heavy (non-hydrogen) atoms. The summed E-state index contributed by atoms with van der Waals surface area (Å²) < 4.78 is 5.31. The van der Waals surface area contributed by atoms with Crippen molar-refractivity contribution in [1.82, 2.24) is 10.2 Å². The van der Waals surface area contributed by atoms with Crippen LogP contribution < -0.4 is 15.0 Å². The summed E-state index contributed by atoms with van der Waals surface area (Å²) in [7, 11) is 1.70. The van der Waals surface area contributed by atoms with E-state index in [9.17, 15) is 4.79 Å². The number of nitrogens with one attached hydrogen (secondary N) is 1. The maximum absolute atomic E-state index is 12.4. The molecule has 1 aliphatic heterocycles. The van der Waals surface area contributed by atoms with Crippen LogP contribution in [-0.4, -0.2) is 56.7 Å². The fourth-order valence-corrected chi connectivity index (χ4v) is 3.96. The van der Waals surface area contributed by atoms with Crippen LogP contribution in [0.3, 0.4) is 0 Å². The van der Waals surface area contributed by atoms with Gasteiger partial charge >= 0.3 is 0 Å². The van der Waals surface area contributed by atoms with Crippen molar-refractivity contribution in [2.45, 2.75) is 38.6 Å². The number of nitrogens with zero attached hydrogens (tertiary/aromatic N) is 2. The molecule has 1 aromatic rings. The van der Waals surface area contributed by atoms with E-state index in [1.165, 1.54) is 24.9 Å². The van der Waals surface area contributed by atoms with Gasteiger partial charge in [0, 0.05) is 44.0 Å². The van der Waals surface area contributed by atoms with Gasteiger partial charge in [-0.1, -0.05) is 25.8 Å². The largest absolute Gasteiger partial charge is 0.497 e. The predicted octanol–water partition coefficient (Wildman–Crippen LogP) is 2.51. The predicted molar refractivity (Wildman–Crippen MR) is 101 cm³/mol. The lowest BCUT2D eigenvalue weighted by Crippen LogP contribution is -2.51. The minimum Gasteiger partial charge on any atom is -0.497 e. The molecule has 1 N–H and O–H groups in total. The van der Waals surface area contributed by atoms with Gasteiger partial charge in [-0.2, -0.15) is 0 Å². The number of methoxy groups -OCH3 is 1. The van der Waals surface area contributed by atoms with E-state index in [2.05, 4.69) is 34.2 Å². The Morgan fingerprint density at radius 1 is 1.20 bits per heavy atom. The molecule has 2 atom stereocenters. The Bertz CT molecular complexity index is 570. The van der Waals surface area contributed by atoms with Crippen LogP contribution >= 0.6 is 0 Å². The van der Waals surface area contributed by atoms with Crippen LogP contribution in [0.25, 0.3) is 0 Å². The molecule has 5 nitrogen and oxygen atoms in total. The van der Waals surface area contributed by atoms with E-state index in [0.717, 1.165) is 38.3 Å². The molecule has 2 aliphatic rings. The van der Waals surface area contributed by atoms with Gasteiger partial charge in [0.1, 0.15) is 5.75 Å². The normalized spacial score (nSPS) is 24.8. The Balaban J connectivity index is 1.45. The highest BCUT2D eigenvalue weighted by Gasteiger charge is 2.24. The summed E-state index contributed by atoms with van der Waals surface area (Å²) in [6.07, 6.45) is 4.93. The number of carbonyl (C=O) groups is 1. The molecule has 1 saturated heterocycles. The molecule has 0 spiro atoms. The van der Waals surface area contributed by atoms with Gasteiger partial charge in [-0.25, -0.2) is 0 Å². The third-order valence-corrected chi connectivity index (χ3v) is 5.62. The van der Waals surface area contributed by atoms with Crippen molar-refractivity contribution >= 4 is 11.6 Å². The van der Waals surface area contributed by atoms with E-state index in [1.807, 2.05) is 12.1 Å². The fraction of sp³-hybridized carbons (Fsp3) is 0.650. The fourth-order valence-electron chi connectivity index (χ4n) is 3.96. The Morgan fingerprint density at radius 3 is 2.68 bits per heavy atom. The third-order valence-electron chi connectivity index (χ3n) is 5.62. The second-order valence-electron chi connectivity index (χ2n) is 7.40. The second-order valence-corrected chi connectivity index (χ2v) is 7.40. The van der Waals surface area contributed by atoms with E-state index >= 15 is 0 Å². The van der Waals surface area contributed by atoms with Gasteiger partial charge in [0.15, 0.2) is 0 Å². The first kappa shape index (κ1) is 18.1. The van der Waals surface area contributed by atoms with Crippen molar-refractivity contribution in [2.75, 3.05) is 44.7 Å². The van der Waals surface area contributed by atoms with Crippen LogP contribution in [0.4, 0.5) is 5.69 Å². The van der Waals surface area contributed by atoms with Crippen LogP contribution in [0.5, 0.6) is 5.75 Å². The van der Waals surface area contributed by atoms with Crippen molar-refractivity contribution < 1.29 is 9.53 Å². The zero-order valence-corrected chi connectivity index (χ0v) is 15.5. The van der Waals surface area contributed by atoms with Gasteiger partial charge in [-0.05, 0) is 30.9 Å². The molecule has 0 bridgehead atoms. The van der Waals surface area contributed by atoms with E-state index in [-0.39, 0.29) is 5.91 Å². The zero-order chi connectivity index (χ0) is 17.6. The first-order valence-electron chi connectivity index (χ1n) is 9.56. The third kappa shape index (κ3) is 4.88. The van der Waals surface area contributed by atoms with Gasteiger partial charge in [0.05, 0.1) is 13.7 Å². The maximum Gasteiger partial charge on any atom is 0.234 e. The van der Waals surface area contributed by atoms with Crippen molar-refractivity contribution in [3.8, 4) is 5.75 Å². The van der Waals surface area contributed by atoms with Crippen LogP contribution in [0.1, 0.15) is 32.6 Å². The summed E-state index contributed by atoms with van der Waals surface area (Å²) in [6, 6.07) is 8.57. The summed E-state index contributed by atoms with van der Waals surface area (Å²) in [5, 5.41) is 3.26. The minimum atomic E-state index is 0.189. The number of amides is 1. The highest BCUT2D eigenvalue weighted by Crippen LogP contribution is 2.24. The van der Waals surface area contributed by atoms with Crippen molar-refractivity contribution in [3.05, 3.63) is 24.3 Å². The number of hydrogen-bond acceptors (Lipinski definition) is 4. The molecule has 138 valence electrons. The zero-order valence-electron chi connectivity index (χ0n) is 15.5. The van der Waals surface area contributed by atoms with Crippen molar-refractivity contribution in [2.24, 2.45) is 5.92 Å². The molecule has 1 heterocycles. The number of benzene rings is 1. The molecular formula is C20H31N3O2. The lowest BCUT2D eigenvalue weighted by atomic mass is 9.86. The Morgan fingerprint density at radius 2 is 1.96 bits per heavy atom. The number of ether oxygens (including phenoxy) is 1. The summed E-state index contributed by atoms with van der Waals surface area (Å²) in [6.45, 7) is 6.52. The molecule has 0 unspecified atom stereocenters. The van der Waals surface area contributed by atoms with Crippen molar-refractivity contribution in [3.63, 3.8) is 0 Å². The van der Waals surface area contributed by atoms with Gasteiger partial charge in [0.2, 0.25) is 5.91 Å². The molecule has 1 aliphatic carbocycles. The summed E-state index contributed by atoms with van der Waals surface area (Å²) in [5.74, 6) is 1.69. The van der Waals surface area contributed by atoms with E-state index in [0.29, 0.717) is 18.5 Å². The first-order valence-corrected chi connectivity index (χ1v) is 9.56. The Kier molecular flexibility index (Phi) is 6.19. The molecule has 0 radical (unpaired) electrons. The van der Waals surface area contributed by atoms with E-state index in [4.69, 9.17) is 4.74 Å². The molecule has 1 amide bonds. The van der Waals surface area contributed by atoms with Crippen LogP contribution in [0.2, 0.25) is 0 Å². The monoisotopic (exact) mass is 345 g/mol. The first-order chi connectivity index (χ1) is 12.2. The highest BCUT2D eigenvalue weighted by molar-refractivity contribution is 5.78. The molecule has 5 heteroatoms. The maximum atomic E-state index is 12.4. The highest BCUT2D eigenvalue weighted by atomic mass is 16.5. The van der Waals surface area contributed by atoms with E-state index in [1.54, 1.807) is 7.11 Å². The Labute approximate surface area is 151 Å². The van der Waals surface area contributed by atoms with Crippen LogP contribution in [-0.2, 0) is 4.79 Å². The number of anilines is 1. The van der Waals surface area contributed by atoms with Crippen molar-refractivity contribution in [1.29, 1.82) is 0 Å². The van der Waals surface area contributed by atoms with Gasteiger partial charge in [0.25, 0.3) is 0 Å². The van der Waals surface area contributed by atoms with E-state index < -0.39 is 0 Å². The summed E-state index contributed by atoms with van der Waals surface area (Å²) in [4.78, 5) is 17.0. The lowest BCUT2D eigenvalue weighted by molar-refractivity contribution is -0.123. The Hall–Kier alpha value is -1.75. The van der Waals surface area contributed by atoms with Gasteiger partial charge in [-0.3, -0.25) is 9.69 Å². The quantitative estimate of drug-likeness (QED) is 0.891. The minimum absolute atomic E-state index is 0.189. The average Bonchev–Trinajstić information content (AvgIpc) is 2.64. The molecular weight excluding hydrogens is 314 g/mol. The molecule has 1 saturated carbocycles. The number of carbonyl (C=O) groups excluding carboxylic acids is 1. The molecule has 1 aromatic carbocycles. The number of hydrogen-bond donors (Lipinski definition) is 1. The standard InChI is InChI=1S/C20H31N3O2/c1-16-6-3-4-9-19(16)21-20(24)15-22-10-12-23(13-11-22)17-7-5-8-18(14-17)25-2/h5,7-8,14,16,19H,3-4,6,9-13,15H2,1-2H3,(H,21,24)/t16-,19+/m1/s1. The second kappa shape index (κ2) is 8.56. The molecule has 0 aromatic heterocycles. The molecule has 2 fully saturated rings. The van der Waals surface area contributed by atoms with Crippen LogP contribution in [0, 0.1) is 5.92 Å². The lowest BCUT2D eigenvalue weighted by Gasteiger charge is -2.36. The van der Waals surface area contributed by atoms with Gasteiger partial charge < -0.3 is 15.0 Å². The number of rotatable bonds is 5.